The Morgan fingerprint density at radius 2 is 1.91 bits per heavy atom. The maximum atomic E-state index is 12.0. The van der Waals surface area contributed by atoms with Gasteiger partial charge in [-0.25, -0.2) is 9.59 Å². The zero-order valence-corrected chi connectivity index (χ0v) is 13.9. The van der Waals surface area contributed by atoms with Gasteiger partial charge in [-0.3, -0.25) is 4.79 Å². The molecule has 0 aromatic rings. The normalized spacial score (nSPS) is 14.4. The minimum Gasteiger partial charge on any atom is -0.467 e. The van der Waals surface area contributed by atoms with E-state index in [2.05, 4.69) is 28.0 Å². The molecule has 3 N–H and O–H groups in total. The fourth-order valence-electron chi connectivity index (χ4n) is 1.44. The number of aliphatic hydroxyl groups excluding tert-OH is 1. The summed E-state index contributed by atoms with van der Waals surface area (Å²) in [5.74, 6) is -1.45. The zero-order valence-electron chi connectivity index (χ0n) is 13.0. The van der Waals surface area contributed by atoms with Gasteiger partial charge in [0.25, 0.3) is 0 Å². The fraction of sp³-hybridized carbons (Fsp3) is 0.769. The number of rotatable bonds is 9. The van der Waals surface area contributed by atoms with Crippen molar-refractivity contribution in [3.63, 3.8) is 0 Å². The molecule has 9 heteroatoms. The highest BCUT2D eigenvalue weighted by atomic mass is 32.1. The van der Waals surface area contributed by atoms with Gasteiger partial charge >= 0.3 is 12.1 Å². The number of hydrogen-bond donors (Lipinski definition) is 4. The summed E-state index contributed by atoms with van der Waals surface area (Å²) in [6.45, 7) is 3.54. The second-order valence-corrected chi connectivity index (χ2v) is 4.98. The average Bonchev–Trinajstić information content (AvgIpc) is 2.49. The number of thiol groups is 1. The molecule has 0 aromatic carbocycles. The number of unbranched alkanes of at least 4 members (excludes halogenated alkanes) is 1. The molecule has 3 atom stereocenters. The van der Waals surface area contributed by atoms with Crippen molar-refractivity contribution in [3.8, 4) is 0 Å². The molecule has 0 spiro atoms. The Morgan fingerprint density at radius 3 is 2.36 bits per heavy atom. The summed E-state index contributed by atoms with van der Waals surface area (Å²) < 4.78 is 9.37. The summed E-state index contributed by atoms with van der Waals surface area (Å²) >= 11 is 3.98. The maximum absolute atomic E-state index is 12.0. The van der Waals surface area contributed by atoms with Crippen LogP contribution in [0.1, 0.15) is 26.7 Å². The molecule has 0 fully saturated rings. The van der Waals surface area contributed by atoms with Gasteiger partial charge in [0.05, 0.1) is 19.8 Å². The van der Waals surface area contributed by atoms with E-state index < -0.39 is 36.2 Å². The van der Waals surface area contributed by atoms with E-state index in [-0.39, 0.29) is 12.4 Å². The third-order valence-corrected chi connectivity index (χ3v) is 3.12. The molecule has 0 bridgehead atoms. The predicted octanol–water partition coefficient (Wildman–Crippen LogP) is -0.150. The predicted molar refractivity (Wildman–Crippen MR) is 82.7 cm³/mol. The van der Waals surface area contributed by atoms with Crippen LogP contribution in [-0.4, -0.2) is 60.7 Å². The van der Waals surface area contributed by atoms with E-state index in [1.807, 2.05) is 6.92 Å². The molecule has 0 aliphatic heterocycles. The highest BCUT2D eigenvalue weighted by molar-refractivity contribution is 7.80. The summed E-state index contributed by atoms with van der Waals surface area (Å²) in [5.41, 5.74) is 0. The van der Waals surface area contributed by atoms with Crippen molar-refractivity contribution < 1.29 is 29.0 Å². The van der Waals surface area contributed by atoms with Crippen LogP contribution in [0.15, 0.2) is 0 Å². The smallest absolute Gasteiger partial charge is 0.407 e. The van der Waals surface area contributed by atoms with Crippen LogP contribution in [0.3, 0.4) is 0 Å². The van der Waals surface area contributed by atoms with Gasteiger partial charge in [0, 0.05) is 5.75 Å². The Kier molecular flexibility index (Phi) is 10.4. The molecule has 0 saturated heterocycles. The molecular formula is C13H24N2O6S. The minimum atomic E-state index is -1.22. The lowest BCUT2D eigenvalue weighted by Gasteiger charge is -2.22. The van der Waals surface area contributed by atoms with Crippen LogP contribution in [0.4, 0.5) is 4.79 Å². The standard InChI is InChI=1S/C13H24N2O6S/c1-4-5-6-21-13(19)14-9(7-22)11(17)15-10(8(2)16)12(18)20-3/h8-10,16,22H,4-7H2,1-3H3,(H,14,19)(H,15,17)/t8-,9+,10+/m1/s1. The molecule has 8 nitrogen and oxygen atoms in total. The van der Waals surface area contributed by atoms with Gasteiger partial charge in [-0.1, -0.05) is 13.3 Å². The fourth-order valence-corrected chi connectivity index (χ4v) is 1.70. The minimum absolute atomic E-state index is 0.00239. The molecule has 0 radical (unpaired) electrons. The van der Waals surface area contributed by atoms with Gasteiger partial charge in [-0.2, -0.15) is 12.6 Å². The number of aliphatic hydroxyl groups is 1. The van der Waals surface area contributed by atoms with Crippen LogP contribution in [0.25, 0.3) is 0 Å². The topological polar surface area (TPSA) is 114 Å². The third-order valence-electron chi connectivity index (χ3n) is 2.76. The first kappa shape index (κ1) is 20.5. The molecule has 0 saturated carbocycles. The molecule has 2 amide bonds. The van der Waals surface area contributed by atoms with Gasteiger partial charge in [-0.15, -0.1) is 0 Å². The van der Waals surface area contributed by atoms with Crippen molar-refractivity contribution in [1.82, 2.24) is 10.6 Å². The van der Waals surface area contributed by atoms with E-state index in [0.29, 0.717) is 0 Å². The first-order valence-electron chi connectivity index (χ1n) is 6.97. The molecule has 0 aliphatic rings. The monoisotopic (exact) mass is 336 g/mol. The van der Waals surface area contributed by atoms with Gasteiger partial charge in [-0.05, 0) is 13.3 Å². The van der Waals surface area contributed by atoms with Crippen LogP contribution in [0.2, 0.25) is 0 Å². The van der Waals surface area contributed by atoms with Crippen molar-refractivity contribution >= 4 is 30.6 Å². The number of carbonyl (C=O) groups excluding carboxylic acids is 3. The summed E-state index contributed by atoms with van der Waals surface area (Å²) in [7, 11) is 1.14. The van der Waals surface area contributed by atoms with E-state index in [9.17, 15) is 19.5 Å². The lowest BCUT2D eigenvalue weighted by Crippen LogP contribution is -2.55. The van der Waals surface area contributed by atoms with Crippen LogP contribution < -0.4 is 10.6 Å². The van der Waals surface area contributed by atoms with Crippen molar-refractivity contribution in [3.05, 3.63) is 0 Å². The highest BCUT2D eigenvalue weighted by Crippen LogP contribution is 1.99. The summed E-state index contributed by atoms with van der Waals surface area (Å²) in [6, 6.07) is -2.22. The molecule has 0 aliphatic carbocycles. The molecule has 0 rings (SSSR count). The Hall–Kier alpha value is -1.48. The largest absolute Gasteiger partial charge is 0.467 e. The zero-order chi connectivity index (χ0) is 17.1. The van der Waals surface area contributed by atoms with Crippen LogP contribution in [0.5, 0.6) is 0 Å². The quantitative estimate of drug-likeness (QED) is 0.264. The third kappa shape index (κ3) is 7.51. The van der Waals surface area contributed by atoms with Gasteiger partial charge in [0.1, 0.15) is 6.04 Å². The van der Waals surface area contributed by atoms with Crippen LogP contribution in [-0.2, 0) is 19.1 Å². The van der Waals surface area contributed by atoms with E-state index in [4.69, 9.17) is 4.74 Å². The summed E-state index contributed by atoms with van der Waals surface area (Å²) in [6.07, 6.45) is -0.292. The average molecular weight is 336 g/mol. The van der Waals surface area contributed by atoms with Crippen molar-refractivity contribution in [2.24, 2.45) is 0 Å². The summed E-state index contributed by atoms with van der Waals surface area (Å²) in [4.78, 5) is 35.0. The Balaban J connectivity index is 4.56. The Labute approximate surface area is 135 Å². The van der Waals surface area contributed by atoms with E-state index in [0.717, 1.165) is 20.0 Å². The number of methoxy groups -OCH3 is 1. The molecule has 0 aromatic heterocycles. The van der Waals surface area contributed by atoms with Crippen molar-refractivity contribution in [1.29, 1.82) is 0 Å². The van der Waals surface area contributed by atoms with Crippen LogP contribution >= 0.6 is 12.6 Å². The molecule has 128 valence electrons. The van der Waals surface area contributed by atoms with E-state index in [1.165, 1.54) is 6.92 Å². The summed E-state index contributed by atoms with van der Waals surface area (Å²) in [5, 5.41) is 14.1. The Morgan fingerprint density at radius 1 is 1.27 bits per heavy atom. The number of alkyl carbamates (subject to hydrolysis) is 1. The lowest BCUT2D eigenvalue weighted by atomic mass is 10.1. The van der Waals surface area contributed by atoms with E-state index in [1.54, 1.807) is 0 Å². The van der Waals surface area contributed by atoms with Crippen molar-refractivity contribution in [2.75, 3.05) is 19.5 Å². The van der Waals surface area contributed by atoms with Crippen LogP contribution in [0, 0.1) is 0 Å². The molecule has 0 heterocycles. The number of carbonyl (C=O) groups is 3. The first-order valence-corrected chi connectivity index (χ1v) is 7.61. The van der Waals surface area contributed by atoms with E-state index >= 15 is 0 Å². The number of esters is 1. The Bertz CT molecular complexity index is 378. The second-order valence-electron chi connectivity index (χ2n) is 4.62. The second kappa shape index (κ2) is 11.1. The van der Waals surface area contributed by atoms with Gasteiger partial charge in [0.15, 0.2) is 6.04 Å². The van der Waals surface area contributed by atoms with Gasteiger partial charge in [0.2, 0.25) is 5.91 Å². The van der Waals surface area contributed by atoms with Crippen molar-refractivity contribution in [2.45, 2.75) is 44.9 Å². The maximum Gasteiger partial charge on any atom is 0.407 e. The number of amides is 2. The molecule has 0 unspecified atom stereocenters. The SMILES string of the molecule is CCCCOC(=O)N[C@@H](CS)C(=O)N[C@H](C(=O)OC)[C@@H](C)O. The number of hydrogen-bond acceptors (Lipinski definition) is 7. The molecule has 22 heavy (non-hydrogen) atoms. The number of ether oxygens (including phenoxy) is 2. The van der Waals surface area contributed by atoms with Gasteiger partial charge < -0.3 is 25.2 Å². The lowest BCUT2D eigenvalue weighted by molar-refractivity contribution is -0.148. The highest BCUT2D eigenvalue weighted by Gasteiger charge is 2.30. The first-order chi connectivity index (χ1) is 10.4. The molecular weight excluding hydrogens is 312 g/mol. The number of nitrogens with one attached hydrogen (secondary N) is 2.